The average Bonchev–Trinajstić information content (AvgIpc) is 1.77. The van der Waals surface area contributed by atoms with E-state index in [1.165, 1.54) is 29.0 Å². The summed E-state index contributed by atoms with van der Waals surface area (Å²) >= 11 is 7.80. The van der Waals surface area contributed by atoms with Gasteiger partial charge in [-0.05, 0) is 76.1 Å². The smallest absolute Gasteiger partial charge is 0.340 e. The van der Waals surface area contributed by atoms with Crippen LogP contribution in [0.5, 0.6) is 0 Å². The normalized spacial score (nSPS) is 15.7. The third-order valence-electron chi connectivity index (χ3n) is 14.9. The van der Waals surface area contributed by atoms with Crippen LogP contribution in [0.1, 0.15) is 91.3 Å². The number of aliphatic imine (C=N–C) groups is 1. The molecule has 5 amide bonds. The topological polar surface area (TPSA) is 266 Å². The number of carbonyl (C=O) groups excluding carboxylic acids is 6. The highest BCUT2D eigenvalue weighted by molar-refractivity contribution is 7.15. The molecule has 7 aromatic rings. The molecule has 0 spiro atoms. The summed E-state index contributed by atoms with van der Waals surface area (Å²) in [5, 5.41) is 31.6. The summed E-state index contributed by atoms with van der Waals surface area (Å²) in [6, 6.07) is 16.4. The number of aromatic nitrogens is 7. The molecule has 4 aliphatic rings. The third kappa shape index (κ3) is 14.5. The number of amides is 5. The highest BCUT2D eigenvalue weighted by Crippen LogP contribution is 2.43. The number of nitrogens with one attached hydrogen (secondary N) is 4. The predicted octanol–water partition coefficient (Wildman–Crippen LogP) is 5.57. The van der Waals surface area contributed by atoms with E-state index in [0.717, 1.165) is 32.9 Å². The molecule has 0 atom stereocenters. The van der Waals surface area contributed by atoms with Crippen molar-refractivity contribution < 1.29 is 52.1 Å². The lowest BCUT2D eigenvalue weighted by atomic mass is 9.88. The molecule has 4 aromatic heterocycles. The van der Waals surface area contributed by atoms with Crippen LogP contribution in [0, 0.1) is 26.6 Å². The van der Waals surface area contributed by atoms with E-state index in [0.29, 0.717) is 105 Å². The van der Waals surface area contributed by atoms with Gasteiger partial charge in [-0.3, -0.25) is 38.2 Å². The van der Waals surface area contributed by atoms with Gasteiger partial charge in [-0.15, -0.1) is 31.2 Å². The highest BCUT2D eigenvalue weighted by Gasteiger charge is 2.46. The zero-order valence-electron chi connectivity index (χ0n) is 48.4. The van der Waals surface area contributed by atoms with Crippen molar-refractivity contribution in [3.8, 4) is 16.1 Å². The standard InChI is InChI=1S/C42H54FN9O10.C17H15ClN4S/c1-27(2)62-40(58)25-47-37(55)24-46-38(56)26-50-34-6-4-5-31-32-22-35-30(21-33(32)43)23-48-51(35)52(13-9-29(10-14-52)42(49-50)41(31)34)39(57)8-7-36(54)45-12-16-60-18-20-61-19-17-59-15-11-44-28(3)53;1-9-10(2)23-17-15(9)16(12-4-6-13(18)7-5-12)19-8-14-21-20-11(3)22(14)17/h4-6,21-23,27,29H,7-20,24-26H2,1-3H3,(H3-,44,45,46,47,53,54,55,56);4-7H,8H2,1-3H3/p+1. The van der Waals surface area contributed by atoms with Crippen molar-refractivity contribution in [2.75, 3.05) is 78.9 Å². The van der Waals surface area contributed by atoms with Gasteiger partial charge in [0.1, 0.15) is 54.9 Å². The number of hydrogen-bond acceptors (Lipinski definition) is 16. The van der Waals surface area contributed by atoms with Gasteiger partial charge in [-0.1, -0.05) is 40.7 Å². The Balaban J connectivity index is 0.000000310. The van der Waals surface area contributed by atoms with E-state index in [9.17, 15) is 28.8 Å². The molecule has 0 aliphatic carbocycles. The Morgan fingerprint density at radius 3 is 2.20 bits per heavy atom. The minimum Gasteiger partial charge on any atom is -0.462 e. The van der Waals surface area contributed by atoms with Crippen LogP contribution in [-0.4, -0.2) is 161 Å². The number of carbonyl (C=O) groups is 6. The van der Waals surface area contributed by atoms with Crippen LogP contribution in [0.25, 0.3) is 37.9 Å². The summed E-state index contributed by atoms with van der Waals surface area (Å²) in [6.45, 7) is 14.2. The molecule has 4 aliphatic heterocycles. The van der Waals surface area contributed by atoms with Crippen molar-refractivity contribution in [1.82, 2.24) is 60.3 Å². The first kappa shape index (κ1) is 61.7. The average molecular weight is 1210 g/mol. The van der Waals surface area contributed by atoms with Gasteiger partial charge in [0.2, 0.25) is 23.6 Å². The molecule has 0 saturated carbocycles. The lowest BCUT2D eigenvalue weighted by Gasteiger charge is -2.39. The number of fused-ring (bicyclic) bond motifs is 5. The van der Waals surface area contributed by atoms with E-state index in [1.54, 1.807) is 53.0 Å². The van der Waals surface area contributed by atoms with Gasteiger partial charge in [0.25, 0.3) is 0 Å². The number of ether oxygens (including phenoxy) is 4. The van der Waals surface area contributed by atoms with Gasteiger partial charge in [-0.2, -0.15) is 5.10 Å². The largest absolute Gasteiger partial charge is 0.462 e. The van der Waals surface area contributed by atoms with E-state index in [1.807, 2.05) is 43.3 Å². The molecular formula is C59H70ClFN13O10S+. The highest BCUT2D eigenvalue weighted by atomic mass is 35.5. The van der Waals surface area contributed by atoms with Crippen molar-refractivity contribution in [1.29, 1.82) is 0 Å². The van der Waals surface area contributed by atoms with Gasteiger partial charge in [0, 0.05) is 82.6 Å². The lowest BCUT2D eigenvalue weighted by molar-refractivity contribution is -0.147. The summed E-state index contributed by atoms with van der Waals surface area (Å²) in [6.07, 6.45) is 2.15. The molecule has 23 nitrogen and oxygen atoms in total. The number of hydrogen-bond donors (Lipinski definition) is 4. The van der Waals surface area contributed by atoms with Gasteiger partial charge in [-0.25, -0.2) is 9.18 Å². The summed E-state index contributed by atoms with van der Waals surface area (Å²) < 4.78 is 41.0. The van der Waals surface area contributed by atoms with E-state index >= 15 is 4.39 Å². The van der Waals surface area contributed by atoms with Crippen molar-refractivity contribution >= 4 is 86.0 Å². The second kappa shape index (κ2) is 27.9. The third-order valence-corrected chi connectivity index (χ3v) is 16.3. The van der Waals surface area contributed by atoms with E-state index in [2.05, 4.69) is 55.0 Å². The number of thiophene rings is 1. The van der Waals surface area contributed by atoms with Gasteiger partial charge in [0.15, 0.2) is 5.82 Å². The molecule has 85 heavy (non-hydrogen) atoms. The Kier molecular flexibility index (Phi) is 20.3. The van der Waals surface area contributed by atoms with Crippen LogP contribution in [0.15, 0.2) is 65.8 Å². The van der Waals surface area contributed by atoms with Crippen molar-refractivity contribution in [3.63, 3.8) is 0 Å². The SMILES string of the molecule is CC(=O)NCCOCCOCCOCCNC(=O)CCC(=O)[N+]12CCC(CC1)c1nn(CC(=O)NCC(=O)NCC(=O)OC(C)C)c3cccc(c13)-c1cc3c(cnn32)cc1F.Cc1sc2c(c1C)C(c1ccc(Cl)cc1)=NCc1nnc(C)n1-2. The zero-order chi connectivity index (χ0) is 60.4. The van der Waals surface area contributed by atoms with Crippen LogP contribution in [0.2, 0.25) is 5.02 Å². The van der Waals surface area contributed by atoms with Crippen LogP contribution in [0.4, 0.5) is 4.39 Å². The lowest BCUT2D eigenvalue weighted by Crippen LogP contribution is -2.65. The monoisotopic (exact) mass is 1210 g/mol. The molecule has 1 fully saturated rings. The van der Waals surface area contributed by atoms with E-state index in [-0.39, 0.29) is 85.5 Å². The summed E-state index contributed by atoms with van der Waals surface area (Å²) in [7, 11) is 0. The van der Waals surface area contributed by atoms with Crippen molar-refractivity contribution in [2.24, 2.45) is 4.99 Å². The number of quaternary nitrogens is 1. The quantitative estimate of drug-likeness (QED) is 0.0347. The maximum Gasteiger partial charge on any atom is 0.340 e. The van der Waals surface area contributed by atoms with Gasteiger partial charge < -0.3 is 40.2 Å². The number of esters is 1. The minimum atomic E-state index is -0.592. The maximum atomic E-state index is 16.1. The Morgan fingerprint density at radius 1 is 0.800 bits per heavy atom. The minimum absolute atomic E-state index is 0.0444. The Morgan fingerprint density at radius 2 is 1.49 bits per heavy atom. The second-order valence-corrected chi connectivity index (χ2v) is 22.7. The fourth-order valence-corrected chi connectivity index (χ4v) is 12.0. The maximum absolute atomic E-state index is 16.1. The molecule has 0 unspecified atom stereocenters. The van der Waals surface area contributed by atoms with Crippen LogP contribution < -0.4 is 25.9 Å². The van der Waals surface area contributed by atoms with Crippen LogP contribution >= 0.6 is 22.9 Å². The molecule has 0 radical (unpaired) electrons. The molecule has 3 aromatic carbocycles. The van der Waals surface area contributed by atoms with Crippen molar-refractivity contribution in [3.05, 3.63) is 111 Å². The first-order chi connectivity index (χ1) is 40.9. The summed E-state index contributed by atoms with van der Waals surface area (Å²) in [4.78, 5) is 83.2. The van der Waals surface area contributed by atoms with Gasteiger partial charge in [0.05, 0.1) is 81.8 Å². The summed E-state index contributed by atoms with van der Waals surface area (Å²) in [5.74, 6) is -1.12. The zero-order valence-corrected chi connectivity index (χ0v) is 50.0. The molecule has 8 heterocycles. The molecule has 4 N–H and O–H groups in total. The Bertz CT molecular complexity index is 3640. The number of aryl methyl sites for hydroxylation is 2. The van der Waals surface area contributed by atoms with Crippen molar-refractivity contribution in [2.45, 2.75) is 92.3 Å². The molecule has 26 heteroatoms. The number of rotatable bonds is 23. The Labute approximate surface area is 499 Å². The first-order valence-corrected chi connectivity index (χ1v) is 29.5. The molecular weight excluding hydrogens is 1140 g/mol. The predicted molar refractivity (Wildman–Crippen MR) is 318 cm³/mol. The molecule has 1 saturated heterocycles. The van der Waals surface area contributed by atoms with E-state index in [4.69, 9.17) is 40.6 Å². The van der Waals surface area contributed by atoms with Crippen LogP contribution in [-0.2, 0) is 60.8 Å². The second-order valence-electron chi connectivity index (χ2n) is 21.1. The molecule has 450 valence electrons. The number of nitrogens with zero attached hydrogens (tertiary/aromatic N) is 9. The fourth-order valence-electron chi connectivity index (χ4n) is 10.7. The number of piperidine rings is 1. The number of benzene rings is 3. The first-order valence-electron chi connectivity index (χ1n) is 28.3. The number of halogens is 2. The van der Waals surface area contributed by atoms with Gasteiger partial charge >= 0.3 is 11.9 Å². The van der Waals surface area contributed by atoms with Crippen LogP contribution in [0.3, 0.4) is 0 Å². The molecule has 11 rings (SSSR count). The fraction of sp³-hybridized carbons (Fsp3) is 0.441. The summed E-state index contributed by atoms with van der Waals surface area (Å²) in [5.41, 5.74) is 7.23. The molecule has 4 bridgehead atoms. The van der Waals surface area contributed by atoms with E-state index < -0.39 is 23.6 Å². The Hall–Kier alpha value is -7.81.